The molecule has 2 rings (SSSR count). The van der Waals surface area contributed by atoms with Crippen molar-refractivity contribution in [3.63, 3.8) is 0 Å². The van der Waals surface area contributed by atoms with Gasteiger partial charge in [-0.2, -0.15) is 0 Å². The van der Waals surface area contributed by atoms with Gasteiger partial charge >= 0.3 is 0 Å². The van der Waals surface area contributed by atoms with Crippen LogP contribution < -0.4 is 5.32 Å². The number of aryl methyl sites for hydroxylation is 1. The number of hydrogen-bond donors (Lipinski definition) is 1. The Morgan fingerprint density at radius 1 is 1.04 bits per heavy atom. The average Bonchev–Trinajstić information content (AvgIpc) is 2.50. The number of carbonyl (C=O) groups is 1. The first kappa shape index (κ1) is 17.5. The third-order valence-corrected chi connectivity index (χ3v) is 5.39. The van der Waals surface area contributed by atoms with E-state index in [-0.39, 0.29) is 29.4 Å². The molecule has 0 aliphatic carbocycles. The van der Waals surface area contributed by atoms with Crippen molar-refractivity contribution < 1.29 is 13.2 Å². The van der Waals surface area contributed by atoms with E-state index in [0.717, 1.165) is 5.56 Å². The van der Waals surface area contributed by atoms with Gasteiger partial charge < -0.3 is 5.32 Å². The number of rotatable bonds is 6. The zero-order valence-electron chi connectivity index (χ0n) is 12.8. The van der Waals surface area contributed by atoms with Crippen LogP contribution in [0.15, 0.2) is 53.4 Å². The van der Waals surface area contributed by atoms with Gasteiger partial charge in [-0.3, -0.25) is 4.79 Å². The molecule has 23 heavy (non-hydrogen) atoms. The molecule has 0 radical (unpaired) electrons. The third kappa shape index (κ3) is 5.37. The van der Waals surface area contributed by atoms with E-state index in [0.29, 0.717) is 10.7 Å². The van der Waals surface area contributed by atoms with Crippen molar-refractivity contribution >= 4 is 33.0 Å². The molecule has 0 fully saturated rings. The van der Waals surface area contributed by atoms with E-state index >= 15 is 0 Å². The quantitative estimate of drug-likeness (QED) is 0.860. The molecule has 0 unspecified atom stereocenters. The molecule has 0 bridgehead atoms. The van der Waals surface area contributed by atoms with Crippen LogP contribution in [0, 0.1) is 6.92 Å². The second kappa shape index (κ2) is 7.62. The number of benzene rings is 2. The maximum atomic E-state index is 12.1. The smallest absolute Gasteiger partial charge is 0.224 e. The Hall–Kier alpha value is -1.85. The second-order valence-corrected chi connectivity index (χ2v) is 7.84. The summed E-state index contributed by atoms with van der Waals surface area (Å²) in [7, 11) is -3.39. The van der Waals surface area contributed by atoms with Crippen molar-refractivity contribution in [1.29, 1.82) is 0 Å². The van der Waals surface area contributed by atoms with Crippen LogP contribution in [0.2, 0.25) is 5.02 Å². The van der Waals surface area contributed by atoms with Gasteiger partial charge in [0.1, 0.15) is 0 Å². The van der Waals surface area contributed by atoms with Crippen molar-refractivity contribution in [3.8, 4) is 0 Å². The highest BCUT2D eigenvalue weighted by molar-refractivity contribution is 7.91. The minimum Gasteiger partial charge on any atom is -0.326 e. The zero-order chi connectivity index (χ0) is 16.9. The molecule has 0 saturated heterocycles. The van der Waals surface area contributed by atoms with Gasteiger partial charge in [0.15, 0.2) is 9.84 Å². The number of amides is 1. The Morgan fingerprint density at radius 2 is 1.65 bits per heavy atom. The van der Waals surface area contributed by atoms with Gasteiger partial charge in [-0.1, -0.05) is 29.3 Å². The standard InChI is InChI=1S/C17H18ClNO3S/c1-13-4-8-15(9-5-13)19-17(20)3-2-12-23(21,22)16-10-6-14(18)7-11-16/h4-11H,2-3,12H2,1H3,(H,19,20). The number of carbonyl (C=O) groups excluding carboxylic acids is 1. The molecule has 2 aromatic carbocycles. The Bertz CT molecular complexity index is 768. The minimum atomic E-state index is -3.39. The molecule has 6 heteroatoms. The fourth-order valence-corrected chi connectivity index (χ4v) is 3.48. The molecule has 1 amide bonds. The molecule has 0 spiro atoms. The lowest BCUT2D eigenvalue weighted by Crippen LogP contribution is -2.14. The van der Waals surface area contributed by atoms with Crippen LogP contribution >= 0.6 is 11.6 Å². The van der Waals surface area contributed by atoms with Gasteiger partial charge in [-0.25, -0.2) is 8.42 Å². The topological polar surface area (TPSA) is 63.2 Å². The van der Waals surface area contributed by atoms with Crippen molar-refractivity contribution in [3.05, 3.63) is 59.1 Å². The first-order chi connectivity index (χ1) is 10.9. The van der Waals surface area contributed by atoms with Crippen LogP contribution in [0.5, 0.6) is 0 Å². The summed E-state index contributed by atoms with van der Waals surface area (Å²) >= 11 is 5.75. The lowest BCUT2D eigenvalue weighted by Gasteiger charge is -2.07. The van der Waals surface area contributed by atoms with Gasteiger partial charge in [0.05, 0.1) is 10.6 Å². The number of sulfone groups is 1. The molecule has 1 N–H and O–H groups in total. The van der Waals surface area contributed by atoms with Crippen molar-refractivity contribution in [2.45, 2.75) is 24.7 Å². The summed E-state index contributed by atoms with van der Waals surface area (Å²) < 4.78 is 24.3. The van der Waals surface area contributed by atoms with E-state index in [9.17, 15) is 13.2 Å². The summed E-state index contributed by atoms with van der Waals surface area (Å²) in [5, 5.41) is 3.24. The van der Waals surface area contributed by atoms with Crippen LogP contribution in [0.1, 0.15) is 18.4 Å². The largest absolute Gasteiger partial charge is 0.326 e. The zero-order valence-corrected chi connectivity index (χ0v) is 14.3. The number of nitrogens with one attached hydrogen (secondary N) is 1. The molecule has 0 aromatic heterocycles. The fourth-order valence-electron chi connectivity index (χ4n) is 2.04. The van der Waals surface area contributed by atoms with Crippen molar-refractivity contribution in [2.24, 2.45) is 0 Å². The number of halogens is 1. The van der Waals surface area contributed by atoms with Gasteiger partial charge in [-0.15, -0.1) is 0 Å². The Balaban J connectivity index is 1.85. The molecule has 122 valence electrons. The Morgan fingerprint density at radius 3 is 2.26 bits per heavy atom. The first-order valence-electron chi connectivity index (χ1n) is 7.22. The summed E-state index contributed by atoms with van der Waals surface area (Å²) in [5.74, 6) is -0.268. The molecular formula is C17H18ClNO3S. The highest BCUT2D eigenvalue weighted by atomic mass is 35.5. The lowest BCUT2D eigenvalue weighted by atomic mass is 10.2. The van der Waals surface area contributed by atoms with E-state index < -0.39 is 9.84 Å². The molecule has 4 nitrogen and oxygen atoms in total. The Kier molecular flexibility index (Phi) is 5.80. The molecule has 0 aliphatic rings. The molecular weight excluding hydrogens is 334 g/mol. The maximum absolute atomic E-state index is 12.1. The minimum absolute atomic E-state index is 0.0735. The molecule has 0 heterocycles. The molecule has 0 saturated carbocycles. The van der Waals surface area contributed by atoms with Crippen LogP contribution in [-0.4, -0.2) is 20.1 Å². The van der Waals surface area contributed by atoms with Crippen LogP contribution in [0.3, 0.4) is 0 Å². The third-order valence-electron chi connectivity index (χ3n) is 3.32. The number of hydrogen-bond acceptors (Lipinski definition) is 3. The summed E-state index contributed by atoms with van der Waals surface area (Å²) in [6, 6.07) is 13.5. The summed E-state index contributed by atoms with van der Waals surface area (Å²) in [6.07, 6.45) is 0.420. The summed E-state index contributed by atoms with van der Waals surface area (Å²) in [4.78, 5) is 12.1. The predicted octanol–water partition coefficient (Wildman–Crippen LogP) is 3.84. The fraction of sp³-hybridized carbons (Fsp3) is 0.235. The van der Waals surface area contributed by atoms with E-state index in [2.05, 4.69) is 5.32 Å². The summed E-state index contributed by atoms with van der Waals surface area (Å²) in [6.45, 7) is 1.97. The van der Waals surface area contributed by atoms with Crippen molar-refractivity contribution in [2.75, 3.05) is 11.1 Å². The number of anilines is 1. The van der Waals surface area contributed by atoms with E-state index in [1.54, 1.807) is 12.1 Å². The van der Waals surface area contributed by atoms with Crippen molar-refractivity contribution in [1.82, 2.24) is 0 Å². The highest BCUT2D eigenvalue weighted by Gasteiger charge is 2.15. The predicted molar refractivity (Wildman–Crippen MR) is 92.5 cm³/mol. The normalized spacial score (nSPS) is 11.2. The van der Waals surface area contributed by atoms with Crippen LogP contribution in [0.4, 0.5) is 5.69 Å². The second-order valence-electron chi connectivity index (χ2n) is 5.29. The lowest BCUT2D eigenvalue weighted by molar-refractivity contribution is -0.116. The van der Waals surface area contributed by atoms with Gasteiger partial charge in [0.2, 0.25) is 5.91 Å². The van der Waals surface area contributed by atoms with Crippen LogP contribution in [0.25, 0.3) is 0 Å². The van der Waals surface area contributed by atoms with Gasteiger partial charge in [0, 0.05) is 17.1 Å². The Labute approximate surface area is 141 Å². The van der Waals surface area contributed by atoms with Gasteiger partial charge in [-0.05, 0) is 49.7 Å². The van der Waals surface area contributed by atoms with E-state index in [1.807, 2.05) is 31.2 Å². The van der Waals surface area contributed by atoms with Gasteiger partial charge in [0.25, 0.3) is 0 Å². The van der Waals surface area contributed by atoms with E-state index in [1.165, 1.54) is 12.1 Å². The highest BCUT2D eigenvalue weighted by Crippen LogP contribution is 2.16. The van der Waals surface area contributed by atoms with E-state index in [4.69, 9.17) is 11.6 Å². The maximum Gasteiger partial charge on any atom is 0.224 e. The molecule has 0 aliphatic heterocycles. The average molecular weight is 352 g/mol. The van der Waals surface area contributed by atoms with Crippen LogP contribution in [-0.2, 0) is 14.6 Å². The SMILES string of the molecule is Cc1ccc(NC(=O)CCCS(=O)(=O)c2ccc(Cl)cc2)cc1. The molecule has 0 atom stereocenters. The first-order valence-corrected chi connectivity index (χ1v) is 9.25. The molecule has 2 aromatic rings. The monoisotopic (exact) mass is 351 g/mol. The summed E-state index contributed by atoms with van der Waals surface area (Å²) in [5.41, 5.74) is 1.82.